The van der Waals surface area contributed by atoms with Gasteiger partial charge in [0, 0.05) is 30.9 Å². The number of amides is 4. The first-order valence-electron chi connectivity index (χ1n) is 15.7. The molecule has 0 unspecified atom stereocenters. The number of carbonyl (C=O) groups excluding carboxylic acids is 2. The molecule has 0 heterocycles. The maximum Gasteiger partial charge on any atom is 0.319 e. The molecule has 0 saturated carbocycles. The third-order valence-electron chi connectivity index (χ3n) is 6.68. The largest absolute Gasteiger partial charge is 0.493 e. The topological polar surface area (TPSA) is 101 Å². The van der Waals surface area contributed by atoms with Crippen molar-refractivity contribution in [1.29, 1.82) is 0 Å². The van der Waals surface area contributed by atoms with Crippen LogP contribution in [0.1, 0.15) is 97.3 Å². The molecule has 0 spiro atoms. The zero-order valence-electron chi connectivity index (χ0n) is 25.3. The molecule has 0 saturated heterocycles. The fourth-order valence-corrected chi connectivity index (χ4v) is 4.27. The summed E-state index contributed by atoms with van der Waals surface area (Å²) in [6, 6.07) is 14.4. The van der Waals surface area contributed by atoms with Gasteiger partial charge in [0.2, 0.25) is 0 Å². The molecule has 228 valence electrons. The number of carbonyl (C=O) groups is 2. The SMILES string of the molecule is CCCCCCCCNC(=O)Nc1ccc(OCCCOc2ccc(NC(=O)NCCCCCCCC)cc2)cc1. The minimum absolute atomic E-state index is 0.181. The van der Waals surface area contributed by atoms with Crippen molar-refractivity contribution < 1.29 is 19.1 Å². The third-order valence-corrected chi connectivity index (χ3v) is 6.68. The minimum Gasteiger partial charge on any atom is -0.493 e. The fraction of sp³-hybridized carbons (Fsp3) is 0.576. The van der Waals surface area contributed by atoms with Crippen molar-refractivity contribution in [3.8, 4) is 11.5 Å². The molecule has 4 amide bonds. The first kappa shape index (κ1) is 33.8. The zero-order chi connectivity index (χ0) is 29.4. The van der Waals surface area contributed by atoms with Gasteiger partial charge in [-0.2, -0.15) is 0 Å². The van der Waals surface area contributed by atoms with Crippen molar-refractivity contribution >= 4 is 23.4 Å². The van der Waals surface area contributed by atoms with E-state index in [2.05, 4.69) is 35.1 Å². The quantitative estimate of drug-likeness (QED) is 0.107. The molecule has 0 atom stereocenters. The van der Waals surface area contributed by atoms with E-state index < -0.39 is 0 Å². The van der Waals surface area contributed by atoms with Crippen molar-refractivity contribution in [2.75, 3.05) is 36.9 Å². The third kappa shape index (κ3) is 17.1. The number of hydrogen-bond donors (Lipinski definition) is 4. The summed E-state index contributed by atoms with van der Waals surface area (Å²) in [6.07, 6.45) is 15.1. The summed E-state index contributed by atoms with van der Waals surface area (Å²) < 4.78 is 11.6. The number of anilines is 2. The van der Waals surface area contributed by atoms with E-state index in [1.165, 1.54) is 51.4 Å². The van der Waals surface area contributed by atoms with E-state index in [1.807, 2.05) is 48.5 Å². The second-order valence-corrected chi connectivity index (χ2v) is 10.4. The molecule has 0 aliphatic heterocycles. The summed E-state index contributed by atoms with van der Waals surface area (Å²) in [5.41, 5.74) is 1.46. The van der Waals surface area contributed by atoms with Crippen LogP contribution in [0.3, 0.4) is 0 Å². The first-order valence-corrected chi connectivity index (χ1v) is 15.7. The summed E-state index contributed by atoms with van der Waals surface area (Å²) in [5, 5.41) is 11.5. The van der Waals surface area contributed by atoms with Gasteiger partial charge in [0.15, 0.2) is 0 Å². The smallest absolute Gasteiger partial charge is 0.319 e. The molecular weight excluding hydrogens is 516 g/mol. The van der Waals surface area contributed by atoms with E-state index in [4.69, 9.17) is 9.47 Å². The second kappa shape index (κ2) is 22.3. The van der Waals surface area contributed by atoms with Crippen LogP contribution in [0, 0.1) is 0 Å². The highest BCUT2D eigenvalue weighted by atomic mass is 16.5. The van der Waals surface area contributed by atoms with Crippen LogP contribution >= 0.6 is 0 Å². The predicted octanol–water partition coefficient (Wildman–Crippen LogP) is 8.50. The standard InChI is InChI=1S/C33H52N4O4/c1-3-5-7-9-11-13-24-34-32(38)36-28-16-20-30(21-17-28)40-26-15-27-41-31-22-18-29(19-23-31)37-33(39)35-25-14-12-10-8-6-4-2/h16-23H,3-15,24-27H2,1-2H3,(H2,34,36,38)(H2,35,37,39). The van der Waals surface area contributed by atoms with Crippen LogP contribution in [-0.4, -0.2) is 38.4 Å². The van der Waals surface area contributed by atoms with Gasteiger partial charge in [-0.3, -0.25) is 0 Å². The highest BCUT2D eigenvalue weighted by Crippen LogP contribution is 2.17. The van der Waals surface area contributed by atoms with Gasteiger partial charge in [-0.1, -0.05) is 78.1 Å². The van der Waals surface area contributed by atoms with E-state index in [9.17, 15) is 9.59 Å². The molecule has 2 aromatic carbocycles. The molecule has 2 rings (SSSR count). The van der Waals surface area contributed by atoms with Gasteiger partial charge in [0.1, 0.15) is 11.5 Å². The Kier molecular flexibility index (Phi) is 18.4. The van der Waals surface area contributed by atoms with Gasteiger partial charge >= 0.3 is 12.1 Å². The Labute approximate surface area is 247 Å². The summed E-state index contributed by atoms with van der Waals surface area (Å²) in [5.74, 6) is 1.49. The Morgan fingerprint density at radius 3 is 1.27 bits per heavy atom. The van der Waals surface area contributed by atoms with Crippen LogP contribution in [0.15, 0.2) is 48.5 Å². The predicted molar refractivity (Wildman–Crippen MR) is 169 cm³/mol. The van der Waals surface area contributed by atoms with Crippen LogP contribution in [0.5, 0.6) is 11.5 Å². The Balaban J connectivity index is 1.52. The number of unbranched alkanes of at least 4 members (excludes halogenated alkanes) is 10. The molecule has 0 aliphatic rings. The van der Waals surface area contributed by atoms with Crippen molar-refractivity contribution in [2.24, 2.45) is 0 Å². The van der Waals surface area contributed by atoms with Gasteiger partial charge in [-0.15, -0.1) is 0 Å². The molecule has 0 aliphatic carbocycles. The van der Waals surface area contributed by atoms with E-state index in [0.29, 0.717) is 26.3 Å². The lowest BCUT2D eigenvalue weighted by Crippen LogP contribution is -2.29. The number of ether oxygens (including phenoxy) is 2. The fourth-order valence-electron chi connectivity index (χ4n) is 4.27. The van der Waals surface area contributed by atoms with E-state index in [-0.39, 0.29) is 12.1 Å². The van der Waals surface area contributed by atoms with E-state index in [1.54, 1.807) is 0 Å². The second-order valence-electron chi connectivity index (χ2n) is 10.4. The van der Waals surface area contributed by atoms with Crippen LogP contribution < -0.4 is 30.7 Å². The van der Waals surface area contributed by atoms with Gasteiger partial charge < -0.3 is 30.7 Å². The Morgan fingerprint density at radius 1 is 0.512 bits per heavy atom. The van der Waals surface area contributed by atoms with Gasteiger partial charge in [-0.05, 0) is 61.4 Å². The van der Waals surface area contributed by atoms with Gasteiger partial charge in [0.05, 0.1) is 13.2 Å². The van der Waals surface area contributed by atoms with Crippen molar-refractivity contribution in [3.63, 3.8) is 0 Å². The van der Waals surface area contributed by atoms with E-state index >= 15 is 0 Å². The maximum atomic E-state index is 12.1. The number of rotatable bonds is 22. The number of urea groups is 2. The van der Waals surface area contributed by atoms with Crippen LogP contribution in [0.4, 0.5) is 21.0 Å². The molecule has 0 fully saturated rings. The molecule has 4 N–H and O–H groups in total. The molecule has 2 aromatic rings. The maximum absolute atomic E-state index is 12.1. The average Bonchev–Trinajstić information content (AvgIpc) is 2.98. The average molecular weight is 569 g/mol. The summed E-state index contributed by atoms with van der Waals surface area (Å²) in [6.45, 7) is 6.84. The number of hydrogen-bond acceptors (Lipinski definition) is 4. The molecular formula is C33H52N4O4. The molecule has 0 radical (unpaired) electrons. The lowest BCUT2D eigenvalue weighted by molar-refractivity contribution is 0.247. The van der Waals surface area contributed by atoms with Crippen LogP contribution in [0.25, 0.3) is 0 Å². The Bertz CT molecular complexity index is 873. The minimum atomic E-state index is -0.181. The lowest BCUT2D eigenvalue weighted by atomic mass is 10.1. The highest BCUT2D eigenvalue weighted by Gasteiger charge is 2.04. The lowest BCUT2D eigenvalue weighted by Gasteiger charge is -2.11. The molecule has 8 nitrogen and oxygen atoms in total. The summed E-state index contributed by atoms with van der Waals surface area (Å²) in [4.78, 5) is 24.1. The molecule has 0 aromatic heterocycles. The normalized spacial score (nSPS) is 10.6. The number of benzene rings is 2. The van der Waals surface area contributed by atoms with Crippen molar-refractivity contribution in [2.45, 2.75) is 97.3 Å². The highest BCUT2D eigenvalue weighted by molar-refractivity contribution is 5.89. The Morgan fingerprint density at radius 2 is 0.878 bits per heavy atom. The Hall–Kier alpha value is -3.42. The number of nitrogens with one attached hydrogen (secondary N) is 4. The van der Waals surface area contributed by atoms with Crippen molar-refractivity contribution in [3.05, 3.63) is 48.5 Å². The van der Waals surface area contributed by atoms with Crippen molar-refractivity contribution in [1.82, 2.24) is 10.6 Å². The van der Waals surface area contributed by atoms with Gasteiger partial charge in [0.25, 0.3) is 0 Å². The monoisotopic (exact) mass is 568 g/mol. The summed E-state index contributed by atoms with van der Waals surface area (Å²) in [7, 11) is 0. The molecule has 8 heteroatoms. The zero-order valence-corrected chi connectivity index (χ0v) is 25.3. The van der Waals surface area contributed by atoms with Crippen LogP contribution in [0.2, 0.25) is 0 Å². The molecule has 0 bridgehead atoms. The summed E-state index contributed by atoms with van der Waals surface area (Å²) >= 11 is 0. The van der Waals surface area contributed by atoms with Gasteiger partial charge in [-0.25, -0.2) is 9.59 Å². The molecule has 41 heavy (non-hydrogen) atoms. The van der Waals surface area contributed by atoms with E-state index in [0.717, 1.165) is 55.0 Å². The van der Waals surface area contributed by atoms with Crippen LogP contribution in [-0.2, 0) is 0 Å². The first-order chi connectivity index (χ1) is 20.1.